The molecule has 0 fully saturated rings. The Morgan fingerprint density at radius 2 is 1.29 bits per heavy atom. The summed E-state index contributed by atoms with van der Waals surface area (Å²) in [5, 5.41) is 9.84. The predicted molar refractivity (Wildman–Crippen MR) is 173 cm³/mol. The van der Waals surface area contributed by atoms with Gasteiger partial charge in [0.25, 0.3) is 0 Å². The summed E-state index contributed by atoms with van der Waals surface area (Å²) >= 11 is -0.973. The normalized spacial score (nSPS) is 13.1. The summed E-state index contributed by atoms with van der Waals surface area (Å²) < 4.78 is 43.6. The van der Waals surface area contributed by atoms with Crippen LogP contribution in [0.25, 0.3) is 11.1 Å². The summed E-state index contributed by atoms with van der Waals surface area (Å²) in [6.45, 7) is 3.77. The summed E-state index contributed by atoms with van der Waals surface area (Å²) in [6.07, 6.45) is 8.50. The molecule has 0 spiro atoms. The van der Waals surface area contributed by atoms with E-state index >= 15 is 0 Å². The number of unbranched alkanes of at least 4 members (excludes halogenated alkanes) is 6. The number of halogens is 2. The van der Waals surface area contributed by atoms with Gasteiger partial charge in [-0.2, -0.15) is 0 Å². The molecular weight excluding hydrogens is 550 g/mol. The van der Waals surface area contributed by atoms with Crippen molar-refractivity contribution in [1.29, 1.82) is 0 Å². The standard InChI is InChI=1S/C36H46F2O3S/c1-3-34(29-15-10-9-11-16-29)35(30-17-21-32(39)22-18-30)31-19-23-33(24-20-31)41-26-12-7-5-4-6-8-13-27-42(40)28-14-25-36(2,37)38/h9-11,15-24,39H,3-8,12-14,25-28H2,1-2H3/b35-34-. The minimum atomic E-state index is -2.65. The first kappa shape index (κ1) is 33.7. The molecule has 6 heteroatoms. The zero-order valence-corrected chi connectivity index (χ0v) is 25.9. The number of hydrogen-bond acceptors (Lipinski definition) is 3. The molecule has 3 aromatic carbocycles. The Bertz CT molecular complexity index is 1190. The lowest BCUT2D eigenvalue weighted by atomic mass is 9.88. The van der Waals surface area contributed by atoms with Gasteiger partial charge < -0.3 is 14.4 Å². The lowest BCUT2D eigenvalue weighted by molar-refractivity contribution is 0.0125. The van der Waals surface area contributed by atoms with Gasteiger partial charge >= 0.3 is 0 Å². The highest BCUT2D eigenvalue weighted by atomic mass is 32.2. The van der Waals surface area contributed by atoms with Crippen molar-refractivity contribution in [1.82, 2.24) is 0 Å². The minimum absolute atomic E-state index is 0.179. The summed E-state index contributed by atoms with van der Waals surface area (Å²) in [5.74, 6) is -0.532. The van der Waals surface area contributed by atoms with Gasteiger partial charge in [-0.3, -0.25) is 0 Å². The Kier molecular flexibility index (Phi) is 14.4. The predicted octanol–water partition coefficient (Wildman–Crippen LogP) is 10.1. The number of phenolic OH excluding ortho intramolecular Hbond substituents is 1. The van der Waals surface area contributed by atoms with Crippen LogP contribution in [0.1, 0.15) is 94.7 Å². The molecule has 0 aliphatic heterocycles. The molecule has 0 heterocycles. The maximum atomic E-state index is 12.8. The quantitative estimate of drug-likeness (QED) is 0.0851. The van der Waals surface area contributed by atoms with E-state index in [4.69, 9.17) is 4.74 Å². The first-order valence-corrected chi connectivity index (χ1v) is 16.8. The van der Waals surface area contributed by atoms with Crippen LogP contribution in [0.2, 0.25) is 0 Å². The molecule has 0 aromatic heterocycles. The van der Waals surface area contributed by atoms with E-state index in [1.807, 2.05) is 30.3 Å². The van der Waals surface area contributed by atoms with E-state index in [1.54, 1.807) is 12.1 Å². The summed E-state index contributed by atoms with van der Waals surface area (Å²) in [6, 6.07) is 26.1. The average Bonchev–Trinajstić information content (AvgIpc) is 2.97. The highest BCUT2D eigenvalue weighted by Crippen LogP contribution is 2.35. The van der Waals surface area contributed by atoms with Crippen molar-refractivity contribution in [3.63, 3.8) is 0 Å². The number of rotatable bonds is 19. The van der Waals surface area contributed by atoms with E-state index in [1.165, 1.54) is 11.1 Å². The van der Waals surface area contributed by atoms with E-state index in [0.717, 1.165) is 80.7 Å². The lowest BCUT2D eigenvalue weighted by Gasteiger charge is -2.17. The highest BCUT2D eigenvalue weighted by Gasteiger charge is 2.21. The van der Waals surface area contributed by atoms with Crippen molar-refractivity contribution < 1.29 is 23.2 Å². The van der Waals surface area contributed by atoms with E-state index < -0.39 is 17.1 Å². The third-order valence-corrected chi connectivity index (χ3v) is 8.84. The van der Waals surface area contributed by atoms with E-state index in [0.29, 0.717) is 24.5 Å². The van der Waals surface area contributed by atoms with Crippen LogP contribution in [0.3, 0.4) is 0 Å². The number of alkyl halides is 2. The smallest absolute Gasteiger partial charge is 0.245 e. The molecule has 0 aliphatic carbocycles. The molecule has 0 saturated carbocycles. The molecule has 0 bridgehead atoms. The summed E-state index contributed by atoms with van der Waals surface area (Å²) in [5.41, 5.74) is 5.77. The van der Waals surface area contributed by atoms with Gasteiger partial charge in [0.2, 0.25) is 5.92 Å². The number of phenols is 1. The Labute approximate surface area is 254 Å². The van der Waals surface area contributed by atoms with Crippen LogP contribution in [0.5, 0.6) is 11.5 Å². The van der Waals surface area contributed by atoms with Gasteiger partial charge in [0.15, 0.2) is 0 Å². The van der Waals surface area contributed by atoms with Gasteiger partial charge in [0, 0.05) is 6.42 Å². The van der Waals surface area contributed by atoms with Gasteiger partial charge in [0.1, 0.15) is 23.0 Å². The van der Waals surface area contributed by atoms with E-state index in [2.05, 4.69) is 43.3 Å². The van der Waals surface area contributed by atoms with Crippen LogP contribution >= 0.6 is 0 Å². The maximum Gasteiger partial charge on any atom is 0.245 e. The number of hydrogen-bond donors (Lipinski definition) is 1. The average molecular weight is 597 g/mol. The molecular formula is C36H46F2O3S. The SMILES string of the molecule is CC/C(=C(\c1ccc(O)cc1)c1ccc(OCCCCCCCCC[S+]([O-])CCCC(C)(F)F)cc1)c1ccccc1. The third-order valence-electron chi connectivity index (χ3n) is 7.35. The fraction of sp³-hybridized carbons (Fsp3) is 0.444. The molecule has 42 heavy (non-hydrogen) atoms. The molecule has 0 aliphatic rings. The third kappa shape index (κ3) is 12.2. The maximum absolute atomic E-state index is 12.8. The zero-order valence-electron chi connectivity index (χ0n) is 25.1. The molecule has 228 valence electrons. The second-order valence-corrected chi connectivity index (χ2v) is 12.7. The Hall–Kier alpha value is -2.83. The van der Waals surface area contributed by atoms with Gasteiger partial charge in [-0.15, -0.1) is 0 Å². The monoisotopic (exact) mass is 596 g/mol. The van der Waals surface area contributed by atoms with Crippen molar-refractivity contribution in [2.75, 3.05) is 18.1 Å². The number of allylic oxidation sites excluding steroid dienone is 1. The van der Waals surface area contributed by atoms with Crippen LogP contribution in [0.15, 0.2) is 78.9 Å². The van der Waals surface area contributed by atoms with Crippen LogP contribution in [0, 0.1) is 0 Å². The van der Waals surface area contributed by atoms with Crippen molar-refractivity contribution >= 4 is 22.3 Å². The highest BCUT2D eigenvalue weighted by molar-refractivity contribution is 7.91. The Morgan fingerprint density at radius 3 is 1.88 bits per heavy atom. The van der Waals surface area contributed by atoms with Gasteiger partial charge in [-0.05, 0) is 91.1 Å². The molecule has 0 radical (unpaired) electrons. The molecule has 0 amide bonds. The van der Waals surface area contributed by atoms with Gasteiger partial charge in [-0.1, -0.05) is 98.4 Å². The van der Waals surface area contributed by atoms with Crippen molar-refractivity contribution in [2.45, 2.75) is 84.0 Å². The zero-order chi connectivity index (χ0) is 30.2. The minimum Gasteiger partial charge on any atom is -0.616 e. The largest absolute Gasteiger partial charge is 0.616 e. The molecule has 1 N–H and O–H groups in total. The van der Waals surface area contributed by atoms with E-state index in [9.17, 15) is 18.4 Å². The van der Waals surface area contributed by atoms with Crippen LogP contribution in [-0.2, 0) is 11.2 Å². The van der Waals surface area contributed by atoms with Crippen LogP contribution in [0.4, 0.5) is 8.78 Å². The second kappa shape index (κ2) is 18.0. The fourth-order valence-electron chi connectivity index (χ4n) is 5.11. The fourth-order valence-corrected chi connectivity index (χ4v) is 6.31. The molecule has 1 atom stereocenters. The number of benzene rings is 3. The molecule has 1 unspecified atom stereocenters. The number of ether oxygens (including phenoxy) is 1. The van der Waals surface area contributed by atoms with Crippen LogP contribution < -0.4 is 4.74 Å². The Balaban J connectivity index is 1.40. The van der Waals surface area contributed by atoms with Gasteiger partial charge in [-0.25, -0.2) is 8.78 Å². The second-order valence-electron chi connectivity index (χ2n) is 11.0. The topological polar surface area (TPSA) is 52.5 Å². The lowest BCUT2D eigenvalue weighted by Crippen LogP contribution is -2.15. The molecule has 3 aromatic rings. The molecule has 0 saturated heterocycles. The number of aromatic hydroxyl groups is 1. The van der Waals surface area contributed by atoms with Gasteiger partial charge in [0.05, 0.1) is 6.61 Å². The first-order chi connectivity index (χ1) is 20.3. The summed E-state index contributed by atoms with van der Waals surface area (Å²) in [4.78, 5) is 0. The first-order valence-electron chi connectivity index (χ1n) is 15.3. The van der Waals surface area contributed by atoms with E-state index in [-0.39, 0.29) is 12.2 Å². The summed E-state index contributed by atoms with van der Waals surface area (Å²) in [7, 11) is 0. The van der Waals surface area contributed by atoms with Crippen molar-refractivity contribution in [3.05, 3.63) is 95.6 Å². The van der Waals surface area contributed by atoms with Crippen LogP contribution in [-0.4, -0.2) is 33.7 Å². The van der Waals surface area contributed by atoms with Crippen molar-refractivity contribution in [3.8, 4) is 11.5 Å². The Morgan fingerprint density at radius 1 is 0.738 bits per heavy atom. The van der Waals surface area contributed by atoms with Crippen molar-refractivity contribution in [2.24, 2.45) is 0 Å². The molecule has 3 nitrogen and oxygen atoms in total. The molecule has 3 rings (SSSR count).